The Morgan fingerprint density at radius 1 is 0.667 bits per heavy atom. The van der Waals surface area contributed by atoms with Crippen molar-refractivity contribution in [2.45, 2.75) is 26.2 Å². The van der Waals surface area contributed by atoms with E-state index in [0.717, 1.165) is 0 Å². The van der Waals surface area contributed by atoms with Crippen LogP contribution in [-0.2, 0) is 5.41 Å². The first-order valence-corrected chi connectivity index (χ1v) is 6.48. The van der Waals surface area contributed by atoms with Gasteiger partial charge in [0.05, 0.1) is 0 Å². The molecular formula is C18H18. The third-order valence-electron chi connectivity index (χ3n) is 3.58. The molecule has 0 heteroatoms. The monoisotopic (exact) mass is 234 g/mol. The Morgan fingerprint density at radius 3 is 1.89 bits per heavy atom. The minimum atomic E-state index is 0.170. The molecule has 18 heavy (non-hydrogen) atoms. The molecule has 0 saturated carbocycles. The molecule has 0 atom stereocenters. The Labute approximate surface area is 108 Å². The van der Waals surface area contributed by atoms with Crippen LogP contribution < -0.4 is 0 Å². The van der Waals surface area contributed by atoms with Crippen molar-refractivity contribution >= 4 is 21.5 Å². The Balaban J connectivity index is 2.55. The topological polar surface area (TPSA) is 0 Å². The molecule has 0 aliphatic rings. The van der Waals surface area contributed by atoms with E-state index in [1.165, 1.54) is 27.1 Å². The van der Waals surface area contributed by atoms with Crippen LogP contribution in [0.2, 0.25) is 0 Å². The molecule has 0 fully saturated rings. The Kier molecular flexibility index (Phi) is 2.41. The van der Waals surface area contributed by atoms with Crippen LogP contribution in [0.25, 0.3) is 21.5 Å². The molecule has 0 aliphatic carbocycles. The highest BCUT2D eigenvalue weighted by Crippen LogP contribution is 2.35. The summed E-state index contributed by atoms with van der Waals surface area (Å²) in [6.45, 7) is 6.84. The predicted octanol–water partition coefficient (Wildman–Crippen LogP) is 5.29. The van der Waals surface area contributed by atoms with Crippen LogP contribution in [0.15, 0.2) is 54.6 Å². The second kappa shape index (κ2) is 3.84. The van der Waals surface area contributed by atoms with Crippen molar-refractivity contribution in [1.29, 1.82) is 0 Å². The van der Waals surface area contributed by atoms with Gasteiger partial charge in [-0.15, -0.1) is 0 Å². The van der Waals surface area contributed by atoms with E-state index in [0.29, 0.717) is 0 Å². The first kappa shape index (κ1) is 11.3. The quantitative estimate of drug-likeness (QED) is 0.463. The van der Waals surface area contributed by atoms with Gasteiger partial charge in [0.2, 0.25) is 0 Å². The molecule has 0 heterocycles. The van der Waals surface area contributed by atoms with Crippen LogP contribution in [0.3, 0.4) is 0 Å². The summed E-state index contributed by atoms with van der Waals surface area (Å²) >= 11 is 0. The van der Waals surface area contributed by atoms with E-state index < -0.39 is 0 Å². The van der Waals surface area contributed by atoms with Crippen LogP contribution in [-0.4, -0.2) is 0 Å². The zero-order chi connectivity index (χ0) is 12.8. The molecule has 0 bridgehead atoms. The van der Waals surface area contributed by atoms with Crippen LogP contribution >= 0.6 is 0 Å². The van der Waals surface area contributed by atoms with Gasteiger partial charge in [-0.2, -0.15) is 0 Å². The molecule has 0 saturated heterocycles. The molecule has 0 radical (unpaired) electrons. The van der Waals surface area contributed by atoms with Gasteiger partial charge in [-0.1, -0.05) is 69.3 Å². The largest absolute Gasteiger partial charge is 0.0616 e. The van der Waals surface area contributed by atoms with Crippen molar-refractivity contribution in [2.24, 2.45) is 0 Å². The fraction of sp³-hybridized carbons (Fsp3) is 0.222. The molecule has 0 unspecified atom stereocenters. The highest BCUT2D eigenvalue weighted by Gasteiger charge is 2.17. The van der Waals surface area contributed by atoms with E-state index in [1.807, 2.05) is 0 Å². The third kappa shape index (κ3) is 1.69. The Bertz CT molecular complexity index is 715. The van der Waals surface area contributed by atoms with Crippen molar-refractivity contribution in [1.82, 2.24) is 0 Å². The van der Waals surface area contributed by atoms with Crippen molar-refractivity contribution < 1.29 is 0 Å². The van der Waals surface area contributed by atoms with Crippen molar-refractivity contribution in [3.63, 3.8) is 0 Å². The lowest BCUT2D eigenvalue weighted by molar-refractivity contribution is 0.596. The Hall–Kier alpha value is -1.82. The van der Waals surface area contributed by atoms with Crippen LogP contribution in [0.1, 0.15) is 26.3 Å². The minimum Gasteiger partial charge on any atom is -0.0616 e. The average molecular weight is 234 g/mol. The second-order valence-corrected chi connectivity index (χ2v) is 5.94. The van der Waals surface area contributed by atoms with Gasteiger partial charge in [0.1, 0.15) is 0 Å². The smallest absolute Gasteiger partial charge is 0.0102 e. The zero-order valence-corrected chi connectivity index (χ0v) is 11.2. The molecule has 0 aliphatic heterocycles. The van der Waals surface area contributed by atoms with Crippen LogP contribution in [0, 0.1) is 0 Å². The van der Waals surface area contributed by atoms with Gasteiger partial charge in [0, 0.05) is 0 Å². The normalized spacial score (nSPS) is 12.2. The third-order valence-corrected chi connectivity index (χ3v) is 3.58. The lowest BCUT2D eigenvalue weighted by Gasteiger charge is -2.22. The average Bonchev–Trinajstić information content (AvgIpc) is 2.37. The summed E-state index contributed by atoms with van der Waals surface area (Å²) in [5, 5.41) is 5.42. The standard InChI is InChI=1S/C18H18/c1-18(2,3)17-12-13-8-4-5-9-14(13)15-10-6-7-11-16(15)17/h4-12H,1-3H3. The zero-order valence-electron chi connectivity index (χ0n) is 11.2. The van der Waals surface area contributed by atoms with Gasteiger partial charge in [0.15, 0.2) is 0 Å². The van der Waals surface area contributed by atoms with Gasteiger partial charge in [-0.3, -0.25) is 0 Å². The molecular weight excluding hydrogens is 216 g/mol. The molecule has 3 rings (SSSR count). The summed E-state index contributed by atoms with van der Waals surface area (Å²) in [5.74, 6) is 0. The van der Waals surface area contributed by atoms with Gasteiger partial charge < -0.3 is 0 Å². The Morgan fingerprint density at radius 2 is 1.22 bits per heavy atom. The minimum absolute atomic E-state index is 0.170. The molecule has 3 aromatic carbocycles. The van der Waals surface area contributed by atoms with E-state index in [9.17, 15) is 0 Å². The number of rotatable bonds is 0. The summed E-state index contributed by atoms with van der Waals surface area (Å²) in [6.07, 6.45) is 0. The molecule has 0 amide bonds. The number of fused-ring (bicyclic) bond motifs is 3. The summed E-state index contributed by atoms with van der Waals surface area (Å²) in [5.41, 5.74) is 1.60. The van der Waals surface area contributed by atoms with E-state index in [2.05, 4.69) is 75.4 Å². The SMILES string of the molecule is CC(C)(C)c1cc2ccccc2c2ccccc12. The number of hydrogen-bond donors (Lipinski definition) is 0. The summed E-state index contributed by atoms with van der Waals surface area (Å²) < 4.78 is 0. The molecule has 0 aromatic heterocycles. The van der Waals surface area contributed by atoms with Gasteiger partial charge in [-0.25, -0.2) is 0 Å². The van der Waals surface area contributed by atoms with Gasteiger partial charge in [-0.05, 0) is 38.6 Å². The first-order valence-electron chi connectivity index (χ1n) is 6.48. The molecule has 0 N–H and O–H groups in total. The van der Waals surface area contributed by atoms with Crippen molar-refractivity contribution in [3.8, 4) is 0 Å². The molecule has 3 aromatic rings. The second-order valence-electron chi connectivity index (χ2n) is 5.94. The van der Waals surface area contributed by atoms with Crippen molar-refractivity contribution in [2.75, 3.05) is 0 Å². The number of benzene rings is 3. The lowest BCUT2D eigenvalue weighted by atomic mass is 9.82. The molecule has 0 nitrogen and oxygen atoms in total. The summed E-state index contributed by atoms with van der Waals surface area (Å²) in [6, 6.07) is 19.7. The number of hydrogen-bond acceptors (Lipinski definition) is 0. The van der Waals surface area contributed by atoms with Gasteiger partial charge in [0.25, 0.3) is 0 Å². The maximum Gasteiger partial charge on any atom is -0.0102 e. The fourth-order valence-electron chi connectivity index (χ4n) is 2.67. The molecule has 0 spiro atoms. The summed E-state index contributed by atoms with van der Waals surface area (Å²) in [7, 11) is 0. The molecule has 90 valence electrons. The fourth-order valence-corrected chi connectivity index (χ4v) is 2.67. The maximum atomic E-state index is 2.34. The first-order chi connectivity index (χ1) is 8.57. The predicted molar refractivity (Wildman–Crippen MR) is 80.2 cm³/mol. The maximum absolute atomic E-state index is 2.34. The van der Waals surface area contributed by atoms with E-state index in [-0.39, 0.29) is 5.41 Å². The lowest BCUT2D eigenvalue weighted by Crippen LogP contribution is -2.11. The van der Waals surface area contributed by atoms with E-state index >= 15 is 0 Å². The summed E-state index contributed by atoms with van der Waals surface area (Å²) in [4.78, 5) is 0. The van der Waals surface area contributed by atoms with Crippen molar-refractivity contribution in [3.05, 3.63) is 60.2 Å². The highest BCUT2D eigenvalue weighted by atomic mass is 14.2. The van der Waals surface area contributed by atoms with Crippen LogP contribution in [0.5, 0.6) is 0 Å². The highest BCUT2D eigenvalue weighted by molar-refractivity contribution is 6.09. The van der Waals surface area contributed by atoms with E-state index in [1.54, 1.807) is 0 Å². The van der Waals surface area contributed by atoms with Gasteiger partial charge >= 0.3 is 0 Å². The van der Waals surface area contributed by atoms with Crippen LogP contribution in [0.4, 0.5) is 0 Å². The van der Waals surface area contributed by atoms with E-state index in [4.69, 9.17) is 0 Å².